The number of aromatic amines is 2. The van der Waals surface area contributed by atoms with Gasteiger partial charge in [-0.05, 0) is 13.0 Å². The Labute approximate surface area is 87.5 Å². The minimum atomic E-state index is -0.371. The van der Waals surface area contributed by atoms with E-state index in [1.165, 1.54) is 6.20 Å². The van der Waals surface area contributed by atoms with E-state index in [0.29, 0.717) is 6.54 Å². The van der Waals surface area contributed by atoms with Crippen molar-refractivity contribution in [3.63, 3.8) is 0 Å². The molecule has 1 rings (SSSR count). The first-order valence-electron chi connectivity index (χ1n) is 5.00. The number of carbonyl (C=O) groups is 1. The zero-order valence-corrected chi connectivity index (χ0v) is 8.72. The van der Waals surface area contributed by atoms with Crippen molar-refractivity contribution in [3.8, 4) is 0 Å². The lowest BCUT2D eigenvalue weighted by Gasteiger charge is -2.04. The number of rotatable bonds is 6. The number of aromatic nitrogens is 2. The molecule has 1 aromatic heterocycles. The summed E-state index contributed by atoms with van der Waals surface area (Å²) < 4.78 is 0. The third-order valence-electron chi connectivity index (χ3n) is 1.85. The number of imidazole rings is 1. The summed E-state index contributed by atoms with van der Waals surface area (Å²) in [5.74, 6) is -0.272. The van der Waals surface area contributed by atoms with Gasteiger partial charge < -0.3 is 20.6 Å². The molecule has 0 aliphatic carbocycles. The summed E-state index contributed by atoms with van der Waals surface area (Å²) in [7, 11) is 0. The molecule has 0 saturated heterocycles. The molecule has 0 fully saturated rings. The van der Waals surface area contributed by atoms with Crippen LogP contribution >= 0.6 is 0 Å². The second-order valence-corrected chi connectivity index (χ2v) is 3.16. The van der Waals surface area contributed by atoms with Crippen LogP contribution in [0.5, 0.6) is 0 Å². The molecule has 1 heterocycles. The molecule has 1 amide bonds. The summed E-state index contributed by atoms with van der Waals surface area (Å²) in [5.41, 5.74) is -0.111. The standard InChI is InChI=1S/C9H16N4O2/c1-2-3-10-4-5-11-8(14)7-6-12-9(15)13-7/h6,10H,2-5H2,1H3,(H,11,14)(H2,12,13,15). The number of amides is 1. The van der Waals surface area contributed by atoms with E-state index in [-0.39, 0.29) is 17.3 Å². The predicted octanol–water partition coefficient (Wildman–Crippen LogP) is -0.568. The van der Waals surface area contributed by atoms with E-state index in [2.05, 4.69) is 27.5 Å². The molecule has 6 heteroatoms. The fraction of sp³-hybridized carbons (Fsp3) is 0.556. The van der Waals surface area contributed by atoms with Crippen LogP contribution in [0.25, 0.3) is 0 Å². The van der Waals surface area contributed by atoms with Crippen molar-refractivity contribution < 1.29 is 4.79 Å². The molecule has 84 valence electrons. The Bertz CT molecular complexity index is 355. The summed E-state index contributed by atoms with van der Waals surface area (Å²) in [6.45, 7) is 4.30. The first-order chi connectivity index (χ1) is 7.24. The van der Waals surface area contributed by atoms with Crippen LogP contribution in [0, 0.1) is 0 Å². The summed E-state index contributed by atoms with van der Waals surface area (Å²) in [4.78, 5) is 26.8. The molecule has 0 spiro atoms. The average Bonchev–Trinajstić information content (AvgIpc) is 2.64. The molecular formula is C9H16N4O2. The second kappa shape index (κ2) is 6.02. The Balaban J connectivity index is 2.22. The number of hydrogen-bond donors (Lipinski definition) is 4. The quantitative estimate of drug-likeness (QED) is 0.476. The third-order valence-corrected chi connectivity index (χ3v) is 1.85. The Morgan fingerprint density at radius 2 is 2.20 bits per heavy atom. The number of H-pyrrole nitrogens is 2. The lowest BCUT2D eigenvalue weighted by molar-refractivity contribution is 0.0949. The van der Waals surface area contributed by atoms with Gasteiger partial charge in [0.25, 0.3) is 5.91 Å². The lowest BCUT2D eigenvalue weighted by Crippen LogP contribution is -2.32. The van der Waals surface area contributed by atoms with Crippen LogP contribution in [-0.4, -0.2) is 35.5 Å². The van der Waals surface area contributed by atoms with E-state index < -0.39 is 0 Å². The van der Waals surface area contributed by atoms with E-state index in [0.717, 1.165) is 19.5 Å². The van der Waals surface area contributed by atoms with Gasteiger partial charge >= 0.3 is 5.69 Å². The highest BCUT2D eigenvalue weighted by Crippen LogP contribution is 1.85. The maximum atomic E-state index is 11.4. The van der Waals surface area contributed by atoms with E-state index in [4.69, 9.17) is 0 Å². The zero-order valence-electron chi connectivity index (χ0n) is 8.72. The van der Waals surface area contributed by atoms with Crippen molar-refractivity contribution in [2.24, 2.45) is 0 Å². The van der Waals surface area contributed by atoms with Gasteiger partial charge in [0.05, 0.1) is 0 Å². The Morgan fingerprint density at radius 3 is 2.80 bits per heavy atom. The molecule has 0 aliphatic rings. The maximum absolute atomic E-state index is 11.4. The van der Waals surface area contributed by atoms with Gasteiger partial charge in [-0.1, -0.05) is 6.92 Å². The molecule has 0 saturated carbocycles. The van der Waals surface area contributed by atoms with Gasteiger partial charge in [-0.3, -0.25) is 4.79 Å². The third kappa shape index (κ3) is 3.99. The molecule has 0 atom stereocenters. The van der Waals surface area contributed by atoms with E-state index in [9.17, 15) is 9.59 Å². The van der Waals surface area contributed by atoms with Crippen LogP contribution < -0.4 is 16.3 Å². The van der Waals surface area contributed by atoms with Crippen LogP contribution in [0.2, 0.25) is 0 Å². The van der Waals surface area contributed by atoms with E-state index >= 15 is 0 Å². The highest BCUT2D eigenvalue weighted by atomic mass is 16.2. The van der Waals surface area contributed by atoms with Gasteiger partial charge in [-0.2, -0.15) is 0 Å². The largest absolute Gasteiger partial charge is 0.349 e. The molecule has 0 unspecified atom stereocenters. The minimum absolute atomic E-state index is 0.260. The Morgan fingerprint density at radius 1 is 1.40 bits per heavy atom. The van der Waals surface area contributed by atoms with Gasteiger partial charge in [0.15, 0.2) is 0 Å². The highest BCUT2D eigenvalue weighted by molar-refractivity contribution is 5.91. The number of nitrogens with one attached hydrogen (secondary N) is 4. The highest BCUT2D eigenvalue weighted by Gasteiger charge is 2.05. The predicted molar refractivity (Wildman–Crippen MR) is 56.9 cm³/mol. The van der Waals surface area contributed by atoms with E-state index in [1.807, 2.05) is 0 Å². The van der Waals surface area contributed by atoms with Crippen molar-refractivity contribution in [2.75, 3.05) is 19.6 Å². The number of hydrogen-bond acceptors (Lipinski definition) is 3. The monoisotopic (exact) mass is 212 g/mol. The van der Waals surface area contributed by atoms with Crippen LogP contribution in [-0.2, 0) is 0 Å². The molecule has 0 aromatic carbocycles. The van der Waals surface area contributed by atoms with Gasteiger partial charge in [-0.15, -0.1) is 0 Å². The van der Waals surface area contributed by atoms with Crippen LogP contribution in [0.4, 0.5) is 0 Å². The smallest absolute Gasteiger partial charge is 0.323 e. The summed E-state index contributed by atoms with van der Waals surface area (Å²) in [6.07, 6.45) is 2.43. The summed E-state index contributed by atoms with van der Waals surface area (Å²) in [6, 6.07) is 0. The Kier molecular flexibility index (Phi) is 4.62. The minimum Gasteiger partial charge on any atom is -0.349 e. The Hall–Kier alpha value is -1.56. The molecule has 1 aromatic rings. The number of carbonyl (C=O) groups excluding carboxylic acids is 1. The van der Waals surface area contributed by atoms with Crippen molar-refractivity contribution >= 4 is 5.91 Å². The average molecular weight is 212 g/mol. The molecular weight excluding hydrogens is 196 g/mol. The second-order valence-electron chi connectivity index (χ2n) is 3.16. The molecule has 0 bridgehead atoms. The normalized spacial score (nSPS) is 10.2. The lowest BCUT2D eigenvalue weighted by atomic mass is 10.4. The van der Waals surface area contributed by atoms with Gasteiger partial charge in [0.2, 0.25) is 0 Å². The SMILES string of the molecule is CCCNCCNC(=O)c1c[nH]c(=O)[nH]1. The van der Waals surface area contributed by atoms with Crippen LogP contribution in [0.3, 0.4) is 0 Å². The molecule has 15 heavy (non-hydrogen) atoms. The zero-order chi connectivity index (χ0) is 11.1. The fourth-order valence-electron chi connectivity index (χ4n) is 1.12. The van der Waals surface area contributed by atoms with Gasteiger partial charge in [0.1, 0.15) is 5.69 Å². The molecule has 6 nitrogen and oxygen atoms in total. The van der Waals surface area contributed by atoms with Crippen LogP contribution in [0.15, 0.2) is 11.0 Å². The molecule has 0 radical (unpaired) electrons. The molecule has 4 N–H and O–H groups in total. The van der Waals surface area contributed by atoms with Crippen molar-refractivity contribution in [3.05, 3.63) is 22.4 Å². The maximum Gasteiger partial charge on any atom is 0.323 e. The summed E-state index contributed by atoms with van der Waals surface area (Å²) in [5, 5.41) is 5.83. The van der Waals surface area contributed by atoms with Crippen molar-refractivity contribution in [1.82, 2.24) is 20.6 Å². The fourth-order valence-corrected chi connectivity index (χ4v) is 1.12. The summed E-state index contributed by atoms with van der Waals surface area (Å²) >= 11 is 0. The van der Waals surface area contributed by atoms with Gasteiger partial charge in [0, 0.05) is 19.3 Å². The topological polar surface area (TPSA) is 89.8 Å². The van der Waals surface area contributed by atoms with Crippen LogP contribution in [0.1, 0.15) is 23.8 Å². The van der Waals surface area contributed by atoms with Crippen molar-refractivity contribution in [1.29, 1.82) is 0 Å². The first-order valence-corrected chi connectivity index (χ1v) is 5.00. The molecule has 0 aliphatic heterocycles. The van der Waals surface area contributed by atoms with E-state index in [1.54, 1.807) is 0 Å². The first kappa shape index (κ1) is 11.5. The van der Waals surface area contributed by atoms with Crippen molar-refractivity contribution in [2.45, 2.75) is 13.3 Å². The van der Waals surface area contributed by atoms with Gasteiger partial charge in [-0.25, -0.2) is 4.79 Å².